The molecule has 0 radical (unpaired) electrons. The molecule has 0 saturated heterocycles. The van der Waals surface area contributed by atoms with Gasteiger partial charge in [-0.1, -0.05) is 0 Å². The third-order valence-corrected chi connectivity index (χ3v) is 6.51. The summed E-state index contributed by atoms with van der Waals surface area (Å²) in [5.41, 5.74) is 2.75. The van der Waals surface area contributed by atoms with E-state index in [9.17, 15) is 18.0 Å². The lowest BCUT2D eigenvalue weighted by Gasteiger charge is -2.19. The Balaban J connectivity index is 1.35. The first-order valence-corrected chi connectivity index (χ1v) is 11.7. The number of hydrogen-bond acceptors (Lipinski definition) is 8. The monoisotopic (exact) mass is 526 g/mol. The lowest BCUT2D eigenvalue weighted by molar-refractivity contribution is -0.140. The van der Waals surface area contributed by atoms with E-state index in [1.165, 1.54) is 42.2 Å². The molecule has 1 N–H and O–H groups in total. The summed E-state index contributed by atoms with van der Waals surface area (Å²) >= 11 is 0. The maximum absolute atomic E-state index is 13.1. The summed E-state index contributed by atoms with van der Waals surface area (Å²) in [7, 11) is 2.99. The van der Waals surface area contributed by atoms with Crippen LogP contribution in [0.25, 0.3) is 22.6 Å². The van der Waals surface area contributed by atoms with Gasteiger partial charge in [0.1, 0.15) is 30.3 Å². The number of aryl methyl sites for hydroxylation is 1. The van der Waals surface area contributed by atoms with Crippen LogP contribution < -0.4 is 9.64 Å². The number of halogens is 3. The number of aromatic nitrogens is 7. The molecule has 11 nitrogen and oxygen atoms in total. The van der Waals surface area contributed by atoms with Crippen LogP contribution in [-0.2, 0) is 31.1 Å². The number of nitrogens with zero attached hydrogens (tertiary/aromatic N) is 7. The van der Waals surface area contributed by atoms with Crippen LogP contribution >= 0.6 is 0 Å². The summed E-state index contributed by atoms with van der Waals surface area (Å²) in [6.45, 7) is 0.0487. The maximum Gasteiger partial charge on any atom is 0.434 e. The molecule has 2 aliphatic rings. The molecule has 1 fully saturated rings. The number of ether oxygens (including phenoxy) is 2. The van der Waals surface area contributed by atoms with Crippen molar-refractivity contribution in [3.63, 3.8) is 0 Å². The number of aromatic amines is 1. The Kier molecular flexibility index (Phi) is 5.54. The molecule has 4 aromatic heterocycles. The van der Waals surface area contributed by atoms with E-state index in [2.05, 4.69) is 30.1 Å². The van der Waals surface area contributed by atoms with Crippen molar-refractivity contribution >= 4 is 11.9 Å². The minimum atomic E-state index is -4.56. The molecule has 0 bridgehead atoms. The number of rotatable bonds is 5. The van der Waals surface area contributed by atoms with Gasteiger partial charge in [0.05, 0.1) is 30.6 Å². The highest BCUT2D eigenvalue weighted by Crippen LogP contribution is 2.46. The number of fused-ring (bicyclic) bond motifs is 1. The van der Waals surface area contributed by atoms with Crippen molar-refractivity contribution in [2.45, 2.75) is 38.1 Å². The van der Waals surface area contributed by atoms with E-state index in [0.717, 1.165) is 24.7 Å². The SMILES string of the molecule is COc1ncnc(C2CC2)c1-c1n[nH]c2c1CN(c1ccc(-c3nc(C(F)(F)F)cn3C)cn1)C(=O)OC2. The lowest BCUT2D eigenvalue weighted by Crippen LogP contribution is -2.30. The average Bonchev–Trinajstić information content (AvgIpc) is 3.59. The molecule has 1 aliphatic heterocycles. The molecule has 1 amide bonds. The number of hydrogen-bond donors (Lipinski definition) is 1. The van der Waals surface area contributed by atoms with Crippen LogP contribution in [0.5, 0.6) is 5.88 Å². The average molecular weight is 526 g/mol. The lowest BCUT2D eigenvalue weighted by atomic mass is 10.0. The number of H-pyrrole nitrogens is 1. The van der Waals surface area contributed by atoms with Crippen molar-refractivity contribution < 1.29 is 27.4 Å². The van der Waals surface area contributed by atoms with E-state index in [4.69, 9.17) is 9.47 Å². The number of pyridine rings is 1. The molecule has 1 saturated carbocycles. The first kappa shape index (κ1) is 23.9. The van der Waals surface area contributed by atoms with Crippen LogP contribution in [0.4, 0.5) is 23.8 Å². The van der Waals surface area contributed by atoms with Gasteiger partial charge < -0.3 is 14.0 Å². The quantitative estimate of drug-likeness (QED) is 0.410. The normalized spacial score (nSPS) is 15.7. The van der Waals surface area contributed by atoms with Crippen molar-refractivity contribution in [1.29, 1.82) is 0 Å². The van der Waals surface area contributed by atoms with Gasteiger partial charge in [-0.3, -0.25) is 10.00 Å². The fourth-order valence-electron chi connectivity index (χ4n) is 4.48. The van der Waals surface area contributed by atoms with Crippen molar-refractivity contribution in [3.8, 4) is 28.5 Å². The van der Waals surface area contributed by atoms with Gasteiger partial charge in [-0.25, -0.2) is 24.7 Å². The van der Waals surface area contributed by atoms with Gasteiger partial charge in [0.25, 0.3) is 0 Å². The van der Waals surface area contributed by atoms with Gasteiger partial charge in [0.15, 0.2) is 5.69 Å². The number of cyclic esters (lactones) is 1. The third kappa shape index (κ3) is 4.11. The summed E-state index contributed by atoms with van der Waals surface area (Å²) < 4.78 is 51.5. The van der Waals surface area contributed by atoms with Crippen molar-refractivity contribution in [1.82, 2.24) is 34.7 Å². The van der Waals surface area contributed by atoms with E-state index < -0.39 is 18.0 Å². The molecule has 1 aliphatic carbocycles. The second-order valence-corrected chi connectivity index (χ2v) is 9.05. The third-order valence-electron chi connectivity index (χ3n) is 6.51. The minimum Gasteiger partial charge on any atom is -0.480 e. The maximum atomic E-state index is 13.1. The van der Waals surface area contributed by atoms with Crippen molar-refractivity contribution in [2.24, 2.45) is 7.05 Å². The van der Waals surface area contributed by atoms with Crippen LogP contribution in [-0.4, -0.2) is 47.9 Å². The summed E-state index contributed by atoms with van der Waals surface area (Å²) in [5.74, 6) is 1.02. The summed E-state index contributed by atoms with van der Waals surface area (Å²) in [6.07, 6.45) is 0.557. The second-order valence-electron chi connectivity index (χ2n) is 9.05. The highest BCUT2D eigenvalue weighted by Gasteiger charge is 2.36. The van der Waals surface area contributed by atoms with Gasteiger partial charge >= 0.3 is 12.3 Å². The number of nitrogens with one attached hydrogen (secondary N) is 1. The van der Waals surface area contributed by atoms with Crippen LogP contribution in [0, 0.1) is 0 Å². The number of alkyl halides is 3. The Morgan fingerprint density at radius 1 is 1.18 bits per heavy atom. The Labute approximate surface area is 213 Å². The highest BCUT2D eigenvalue weighted by molar-refractivity contribution is 5.88. The van der Waals surface area contributed by atoms with Crippen molar-refractivity contribution in [2.75, 3.05) is 12.0 Å². The number of imidazole rings is 1. The molecule has 0 atom stereocenters. The largest absolute Gasteiger partial charge is 0.480 e. The number of methoxy groups -OCH3 is 1. The Bertz CT molecular complexity index is 1530. The van der Waals surface area contributed by atoms with E-state index >= 15 is 0 Å². The molecule has 38 heavy (non-hydrogen) atoms. The van der Waals surface area contributed by atoms with Crippen molar-refractivity contribution in [3.05, 3.63) is 53.5 Å². The second kappa shape index (κ2) is 8.82. The van der Waals surface area contributed by atoms with Gasteiger partial charge in [-0.05, 0) is 25.0 Å². The number of carbonyl (C=O) groups is 1. The van der Waals surface area contributed by atoms with E-state index in [-0.39, 0.29) is 30.7 Å². The molecule has 0 unspecified atom stereocenters. The number of carbonyl (C=O) groups excluding carboxylic acids is 1. The van der Waals surface area contributed by atoms with Crippen LogP contribution in [0.15, 0.2) is 30.9 Å². The number of anilines is 1. The van der Waals surface area contributed by atoms with E-state index in [1.54, 1.807) is 6.07 Å². The molecule has 4 aromatic rings. The Hall–Kier alpha value is -4.49. The zero-order chi connectivity index (χ0) is 26.6. The first-order valence-electron chi connectivity index (χ1n) is 11.7. The predicted octanol–water partition coefficient (Wildman–Crippen LogP) is 4.22. The standard InChI is InChI=1S/C24H21F3N8O3/c1-34-9-16(24(25,26)27)31-21(34)13-5-6-17(28-7-13)35-8-14-15(10-38-23(35)36)32-33-20(14)18-19(12-3-4-12)29-11-30-22(18)37-2/h5-7,9,11-12H,3-4,8,10H2,1-2H3,(H,32,33). The Morgan fingerprint density at radius 3 is 2.66 bits per heavy atom. The first-order chi connectivity index (χ1) is 18.2. The summed E-state index contributed by atoms with van der Waals surface area (Å²) in [6, 6.07) is 3.09. The molecule has 5 heterocycles. The topological polar surface area (TPSA) is 124 Å². The highest BCUT2D eigenvalue weighted by atomic mass is 19.4. The minimum absolute atomic E-state index is 0.0298. The molecule has 0 aromatic carbocycles. The predicted molar refractivity (Wildman–Crippen MR) is 126 cm³/mol. The van der Waals surface area contributed by atoms with Gasteiger partial charge in [0.2, 0.25) is 5.88 Å². The molecular formula is C24H21F3N8O3. The van der Waals surface area contributed by atoms with Crippen LogP contribution in [0.1, 0.15) is 41.4 Å². The van der Waals surface area contributed by atoms with E-state index in [0.29, 0.717) is 34.0 Å². The zero-order valence-electron chi connectivity index (χ0n) is 20.3. The fraction of sp³-hybridized carbons (Fsp3) is 0.333. The van der Waals surface area contributed by atoms with Gasteiger partial charge in [0, 0.05) is 36.5 Å². The van der Waals surface area contributed by atoms with Crippen LogP contribution in [0.2, 0.25) is 0 Å². The summed E-state index contributed by atoms with van der Waals surface area (Å²) in [5, 5.41) is 7.46. The van der Waals surface area contributed by atoms with Gasteiger partial charge in [-0.15, -0.1) is 0 Å². The number of amides is 1. The summed E-state index contributed by atoms with van der Waals surface area (Å²) in [4.78, 5) is 31.0. The Morgan fingerprint density at radius 2 is 2.00 bits per heavy atom. The molecule has 14 heteroatoms. The smallest absolute Gasteiger partial charge is 0.434 e. The van der Waals surface area contributed by atoms with E-state index in [1.807, 2.05) is 0 Å². The zero-order valence-corrected chi connectivity index (χ0v) is 20.3. The van der Waals surface area contributed by atoms with Gasteiger partial charge in [-0.2, -0.15) is 18.3 Å². The molecule has 196 valence electrons. The van der Waals surface area contributed by atoms with Crippen LogP contribution in [0.3, 0.4) is 0 Å². The molecule has 6 rings (SSSR count). The fourth-order valence-corrected chi connectivity index (χ4v) is 4.48. The molecular weight excluding hydrogens is 505 g/mol. The molecule has 0 spiro atoms.